The van der Waals surface area contributed by atoms with Gasteiger partial charge in [0, 0.05) is 12.7 Å². The molecular formula is C11H16N4O. The highest BCUT2D eigenvalue weighted by molar-refractivity contribution is 5.78. The van der Waals surface area contributed by atoms with Crippen LogP contribution in [-0.2, 0) is 11.3 Å². The van der Waals surface area contributed by atoms with Crippen molar-refractivity contribution in [1.29, 1.82) is 0 Å². The Labute approximate surface area is 94.6 Å². The Hall–Kier alpha value is -1.49. The van der Waals surface area contributed by atoms with Crippen LogP contribution in [0.4, 0.5) is 0 Å². The molecule has 1 fully saturated rings. The lowest BCUT2D eigenvalue weighted by molar-refractivity contribution is -0.125. The molecule has 5 heteroatoms. The minimum absolute atomic E-state index is 0.102. The molecule has 16 heavy (non-hydrogen) atoms. The Kier molecular flexibility index (Phi) is 3.82. The van der Waals surface area contributed by atoms with Gasteiger partial charge in [-0.1, -0.05) is 0 Å². The Bertz CT molecular complexity index is 335. The SMILES string of the molecule is O=C(NCc1cccnn1)[C@H]1CCCNC1. The third-order valence-corrected chi connectivity index (χ3v) is 2.74. The van der Waals surface area contributed by atoms with Crippen LogP contribution in [-0.4, -0.2) is 29.2 Å². The van der Waals surface area contributed by atoms with Crippen molar-refractivity contribution in [3.63, 3.8) is 0 Å². The van der Waals surface area contributed by atoms with Crippen LogP contribution in [0.15, 0.2) is 18.3 Å². The standard InChI is InChI=1S/C11H16N4O/c16-11(9-3-1-5-12-7-9)13-8-10-4-2-6-14-15-10/h2,4,6,9,12H,1,3,5,7-8H2,(H,13,16)/t9-/m0/s1. The van der Waals surface area contributed by atoms with Crippen LogP contribution in [0.3, 0.4) is 0 Å². The summed E-state index contributed by atoms with van der Waals surface area (Å²) in [5.41, 5.74) is 0.791. The second-order valence-corrected chi connectivity index (χ2v) is 3.98. The number of aromatic nitrogens is 2. The molecule has 1 amide bonds. The summed E-state index contributed by atoms with van der Waals surface area (Å²) < 4.78 is 0. The molecule has 2 heterocycles. The highest BCUT2D eigenvalue weighted by Gasteiger charge is 2.20. The summed E-state index contributed by atoms with van der Waals surface area (Å²) >= 11 is 0. The summed E-state index contributed by atoms with van der Waals surface area (Å²) in [5, 5.41) is 13.8. The van der Waals surface area contributed by atoms with Gasteiger partial charge >= 0.3 is 0 Å². The first-order chi connectivity index (χ1) is 7.86. The van der Waals surface area contributed by atoms with Crippen molar-refractivity contribution in [2.24, 2.45) is 5.92 Å². The minimum atomic E-state index is 0.102. The summed E-state index contributed by atoms with van der Waals surface area (Å²) in [6, 6.07) is 3.67. The fourth-order valence-corrected chi connectivity index (χ4v) is 1.83. The average molecular weight is 220 g/mol. The van der Waals surface area contributed by atoms with E-state index in [0.29, 0.717) is 6.54 Å². The van der Waals surface area contributed by atoms with E-state index < -0.39 is 0 Å². The number of nitrogens with one attached hydrogen (secondary N) is 2. The molecule has 2 N–H and O–H groups in total. The van der Waals surface area contributed by atoms with E-state index in [-0.39, 0.29) is 11.8 Å². The lowest BCUT2D eigenvalue weighted by Crippen LogP contribution is -2.40. The van der Waals surface area contributed by atoms with Gasteiger partial charge in [-0.05, 0) is 31.5 Å². The first-order valence-corrected chi connectivity index (χ1v) is 5.61. The number of hydrogen-bond acceptors (Lipinski definition) is 4. The van der Waals surface area contributed by atoms with E-state index in [2.05, 4.69) is 20.8 Å². The molecule has 1 atom stereocenters. The molecule has 0 spiro atoms. The van der Waals surface area contributed by atoms with Crippen molar-refractivity contribution in [2.75, 3.05) is 13.1 Å². The number of hydrogen-bond donors (Lipinski definition) is 2. The quantitative estimate of drug-likeness (QED) is 0.757. The Morgan fingerprint density at radius 2 is 2.56 bits per heavy atom. The first kappa shape index (κ1) is 11.0. The van der Waals surface area contributed by atoms with Gasteiger partial charge in [-0.15, -0.1) is 0 Å². The van der Waals surface area contributed by atoms with Crippen LogP contribution in [0.25, 0.3) is 0 Å². The number of piperidine rings is 1. The molecule has 5 nitrogen and oxygen atoms in total. The maximum atomic E-state index is 11.8. The van der Waals surface area contributed by atoms with Crippen molar-refractivity contribution in [2.45, 2.75) is 19.4 Å². The lowest BCUT2D eigenvalue weighted by atomic mass is 9.99. The van der Waals surface area contributed by atoms with Gasteiger partial charge in [0.25, 0.3) is 0 Å². The van der Waals surface area contributed by atoms with Gasteiger partial charge in [0.05, 0.1) is 18.2 Å². The van der Waals surface area contributed by atoms with E-state index in [0.717, 1.165) is 31.6 Å². The molecule has 1 aliphatic rings. The Morgan fingerprint density at radius 1 is 1.62 bits per heavy atom. The smallest absolute Gasteiger partial charge is 0.224 e. The summed E-state index contributed by atoms with van der Waals surface area (Å²) in [6.07, 6.45) is 3.67. The van der Waals surface area contributed by atoms with Gasteiger partial charge in [0.2, 0.25) is 5.91 Å². The number of amides is 1. The van der Waals surface area contributed by atoms with Crippen molar-refractivity contribution in [3.8, 4) is 0 Å². The second-order valence-electron chi connectivity index (χ2n) is 3.98. The third kappa shape index (κ3) is 3.00. The van der Waals surface area contributed by atoms with Gasteiger partial charge < -0.3 is 10.6 Å². The molecule has 1 aromatic heterocycles. The Morgan fingerprint density at radius 3 is 3.25 bits per heavy atom. The summed E-state index contributed by atoms with van der Waals surface area (Å²) in [7, 11) is 0. The van der Waals surface area contributed by atoms with E-state index >= 15 is 0 Å². The van der Waals surface area contributed by atoms with E-state index in [9.17, 15) is 4.79 Å². The van der Waals surface area contributed by atoms with Crippen LogP contribution in [0, 0.1) is 5.92 Å². The van der Waals surface area contributed by atoms with Gasteiger partial charge in [-0.25, -0.2) is 0 Å². The van der Waals surface area contributed by atoms with Gasteiger partial charge in [-0.3, -0.25) is 4.79 Å². The molecule has 0 radical (unpaired) electrons. The molecule has 86 valence electrons. The van der Waals surface area contributed by atoms with E-state index in [1.54, 1.807) is 6.20 Å². The third-order valence-electron chi connectivity index (χ3n) is 2.74. The topological polar surface area (TPSA) is 66.9 Å². The number of rotatable bonds is 3. The fraction of sp³-hybridized carbons (Fsp3) is 0.545. The van der Waals surface area contributed by atoms with E-state index in [4.69, 9.17) is 0 Å². The van der Waals surface area contributed by atoms with Crippen molar-refractivity contribution < 1.29 is 4.79 Å². The monoisotopic (exact) mass is 220 g/mol. The van der Waals surface area contributed by atoms with Crippen LogP contribution in [0.1, 0.15) is 18.5 Å². The molecule has 1 aromatic rings. The average Bonchev–Trinajstić information content (AvgIpc) is 2.38. The van der Waals surface area contributed by atoms with Gasteiger partial charge in [-0.2, -0.15) is 10.2 Å². The zero-order valence-electron chi connectivity index (χ0n) is 9.15. The van der Waals surface area contributed by atoms with Gasteiger partial charge in [0.1, 0.15) is 0 Å². The molecular weight excluding hydrogens is 204 g/mol. The maximum Gasteiger partial charge on any atom is 0.224 e. The Balaban J connectivity index is 1.79. The van der Waals surface area contributed by atoms with Gasteiger partial charge in [0.15, 0.2) is 0 Å². The van der Waals surface area contributed by atoms with Crippen LogP contribution >= 0.6 is 0 Å². The molecule has 0 saturated carbocycles. The molecule has 1 aliphatic heterocycles. The number of nitrogens with zero attached hydrogens (tertiary/aromatic N) is 2. The first-order valence-electron chi connectivity index (χ1n) is 5.61. The predicted molar refractivity (Wildman–Crippen MR) is 59.5 cm³/mol. The van der Waals surface area contributed by atoms with Crippen LogP contribution < -0.4 is 10.6 Å². The van der Waals surface area contributed by atoms with Crippen LogP contribution in [0.2, 0.25) is 0 Å². The molecule has 0 aliphatic carbocycles. The lowest BCUT2D eigenvalue weighted by Gasteiger charge is -2.21. The summed E-state index contributed by atoms with van der Waals surface area (Å²) in [4.78, 5) is 11.8. The largest absolute Gasteiger partial charge is 0.350 e. The van der Waals surface area contributed by atoms with E-state index in [1.807, 2.05) is 12.1 Å². The van der Waals surface area contributed by atoms with E-state index in [1.165, 1.54) is 0 Å². The predicted octanol–water partition coefficient (Wildman–Crippen LogP) is 0.0924. The number of carbonyl (C=O) groups excluding carboxylic acids is 1. The van der Waals surface area contributed by atoms with Crippen molar-refractivity contribution in [1.82, 2.24) is 20.8 Å². The summed E-state index contributed by atoms with van der Waals surface area (Å²) in [5.74, 6) is 0.211. The molecule has 0 aromatic carbocycles. The zero-order valence-corrected chi connectivity index (χ0v) is 9.15. The molecule has 2 rings (SSSR count). The normalized spacial score (nSPS) is 20.4. The van der Waals surface area contributed by atoms with Crippen LogP contribution in [0.5, 0.6) is 0 Å². The molecule has 1 saturated heterocycles. The summed E-state index contributed by atoms with van der Waals surface area (Å²) in [6.45, 7) is 2.27. The minimum Gasteiger partial charge on any atom is -0.350 e. The fourth-order valence-electron chi connectivity index (χ4n) is 1.83. The van der Waals surface area contributed by atoms with Crippen molar-refractivity contribution >= 4 is 5.91 Å². The molecule has 0 unspecified atom stereocenters. The zero-order chi connectivity index (χ0) is 11.2. The van der Waals surface area contributed by atoms with Crippen molar-refractivity contribution in [3.05, 3.63) is 24.0 Å². The highest BCUT2D eigenvalue weighted by Crippen LogP contribution is 2.09. The second kappa shape index (κ2) is 5.55. The number of carbonyl (C=O) groups is 1. The molecule has 0 bridgehead atoms. The maximum absolute atomic E-state index is 11.8. The highest BCUT2D eigenvalue weighted by atomic mass is 16.1.